The predicted octanol–water partition coefficient (Wildman–Crippen LogP) is -0.495. The largest absolute Gasteiger partial charge is 0.387 e. The van der Waals surface area contributed by atoms with E-state index in [1.54, 1.807) is 0 Å². The summed E-state index contributed by atoms with van der Waals surface area (Å²) in [5.41, 5.74) is 0.477. The third kappa shape index (κ3) is 5.89. The number of nitrogens with zero attached hydrogens (tertiary/aromatic N) is 5. The molecule has 0 radical (unpaired) electrons. The molecule has 0 spiro atoms. The molecule has 2 aromatic rings. The van der Waals surface area contributed by atoms with Crippen molar-refractivity contribution in [3.63, 3.8) is 0 Å². The van der Waals surface area contributed by atoms with Gasteiger partial charge in [-0.2, -0.15) is 14.6 Å². The van der Waals surface area contributed by atoms with E-state index < -0.39 is 57.0 Å². The number of carbonyl (C=O) groups excluding carboxylic acids is 1. The SMILES string of the molecule is CC(=O)NCC(OC[C@H]1O[C@@H](n2nnc3c(NC4CCCC4)nc(Cl)nc32)[C@H](O)[C@@H]1O)P(=O)(O)O. The molecule has 1 aliphatic carbocycles. The smallest absolute Gasteiger partial charge is 0.355 e. The van der Waals surface area contributed by atoms with Crippen LogP contribution in [0, 0.1) is 0 Å². The van der Waals surface area contributed by atoms with E-state index in [4.69, 9.17) is 21.1 Å². The molecule has 2 aromatic heterocycles. The molecule has 0 aromatic carbocycles. The first-order chi connectivity index (χ1) is 16.5. The van der Waals surface area contributed by atoms with Crippen LogP contribution < -0.4 is 10.6 Å². The Labute approximate surface area is 204 Å². The fourth-order valence-electron chi connectivity index (χ4n) is 4.12. The minimum Gasteiger partial charge on any atom is -0.387 e. The number of rotatable bonds is 9. The topological polar surface area (TPSA) is 214 Å². The average molecular weight is 536 g/mol. The summed E-state index contributed by atoms with van der Waals surface area (Å²) in [6.07, 6.45) is -1.22. The second-order valence-corrected chi connectivity index (χ2v) is 10.6. The van der Waals surface area contributed by atoms with Gasteiger partial charge in [0.05, 0.1) is 13.2 Å². The predicted molar refractivity (Wildman–Crippen MR) is 120 cm³/mol. The van der Waals surface area contributed by atoms with Crippen LogP contribution in [0.15, 0.2) is 0 Å². The monoisotopic (exact) mass is 535 g/mol. The molecule has 5 atom stereocenters. The van der Waals surface area contributed by atoms with Gasteiger partial charge in [-0.3, -0.25) is 9.36 Å². The molecule has 6 N–H and O–H groups in total. The van der Waals surface area contributed by atoms with Gasteiger partial charge in [0.2, 0.25) is 11.2 Å². The molecule has 0 bridgehead atoms. The number of fused-ring (bicyclic) bond motifs is 1. The first-order valence-electron chi connectivity index (χ1n) is 11.0. The Hall–Kier alpha value is -1.97. The first-order valence-corrected chi connectivity index (χ1v) is 13.1. The van der Waals surface area contributed by atoms with Crippen molar-refractivity contribution in [3.8, 4) is 0 Å². The van der Waals surface area contributed by atoms with Crippen molar-refractivity contribution in [1.29, 1.82) is 0 Å². The lowest BCUT2D eigenvalue weighted by Crippen LogP contribution is -2.37. The summed E-state index contributed by atoms with van der Waals surface area (Å²) in [5.74, 6) is -1.77. The van der Waals surface area contributed by atoms with Gasteiger partial charge in [0.15, 0.2) is 29.1 Å². The molecule has 1 saturated carbocycles. The number of hydrogen-bond acceptors (Lipinski definition) is 11. The minimum absolute atomic E-state index is 0.0723. The number of anilines is 1. The summed E-state index contributed by atoms with van der Waals surface area (Å²) in [6.45, 7) is 0.254. The molecule has 194 valence electrons. The van der Waals surface area contributed by atoms with Crippen molar-refractivity contribution < 1.29 is 38.8 Å². The molecular formula is C18H27ClN7O8P. The van der Waals surface area contributed by atoms with E-state index in [0.29, 0.717) is 11.3 Å². The number of aromatic nitrogens is 5. The highest BCUT2D eigenvalue weighted by atomic mass is 35.5. The highest BCUT2D eigenvalue weighted by Gasteiger charge is 2.46. The van der Waals surface area contributed by atoms with Crippen LogP contribution in [0.1, 0.15) is 38.8 Å². The molecule has 15 nitrogen and oxygen atoms in total. The Bertz CT molecular complexity index is 1110. The second kappa shape index (κ2) is 10.6. The molecular weight excluding hydrogens is 509 g/mol. The standard InChI is InChI=1S/C18H27ClN7O8P/c1-8(27)20-6-11(35(30,31)32)33-7-10-13(28)14(29)17(34-10)26-16-12(24-25-26)15(22-18(19)23-16)21-9-4-2-3-5-9/h9-11,13-14,17,28-29H,2-7H2,1H3,(H,20,27)(H,21,22,23)(H2,30,31,32)/t10-,11?,13-,14-,17-/m1/s1. The molecule has 17 heteroatoms. The molecule has 1 unspecified atom stereocenters. The highest BCUT2D eigenvalue weighted by Crippen LogP contribution is 2.42. The summed E-state index contributed by atoms with van der Waals surface area (Å²) in [5, 5.41) is 34.7. The number of aliphatic hydroxyl groups is 2. The number of carbonyl (C=O) groups is 1. The Kier molecular flexibility index (Phi) is 7.88. The molecule has 1 amide bonds. The van der Waals surface area contributed by atoms with E-state index in [1.807, 2.05) is 0 Å². The normalized spacial score (nSPS) is 26.3. The van der Waals surface area contributed by atoms with Crippen LogP contribution in [-0.4, -0.2) is 94.2 Å². The highest BCUT2D eigenvalue weighted by molar-refractivity contribution is 7.52. The summed E-state index contributed by atoms with van der Waals surface area (Å²) in [6, 6.07) is 0.213. The van der Waals surface area contributed by atoms with Crippen molar-refractivity contribution in [2.45, 2.75) is 69.0 Å². The zero-order valence-corrected chi connectivity index (χ0v) is 20.3. The van der Waals surface area contributed by atoms with Crippen molar-refractivity contribution >= 4 is 42.1 Å². The summed E-state index contributed by atoms with van der Waals surface area (Å²) in [4.78, 5) is 38.4. The number of hydrogen-bond donors (Lipinski definition) is 6. The lowest BCUT2D eigenvalue weighted by Gasteiger charge is -2.22. The van der Waals surface area contributed by atoms with Gasteiger partial charge in [-0.05, 0) is 24.4 Å². The number of amides is 1. The Balaban J connectivity index is 1.50. The quantitative estimate of drug-likeness (QED) is 0.177. The maximum atomic E-state index is 11.7. The average Bonchev–Trinajstić information content (AvgIpc) is 3.49. The third-order valence-electron chi connectivity index (χ3n) is 5.92. The number of nitrogens with one attached hydrogen (secondary N) is 2. The minimum atomic E-state index is -4.75. The zero-order chi connectivity index (χ0) is 25.3. The van der Waals surface area contributed by atoms with E-state index in [9.17, 15) is 29.4 Å². The van der Waals surface area contributed by atoms with Crippen molar-refractivity contribution in [2.75, 3.05) is 18.5 Å². The Morgan fingerprint density at radius 3 is 2.66 bits per heavy atom. The van der Waals surface area contributed by atoms with Gasteiger partial charge in [0.1, 0.15) is 18.3 Å². The van der Waals surface area contributed by atoms with E-state index in [2.05, 4.69) is 30.9 Å². The van der Waals surface area contributed by atoms with Gasteiger partial charge in [0.25, 0.3) is 0 Å². The summed E-state index contributed by atoms with van der Waals surface area (Å²) >= 11 is 6.11. The van der Waals surface area contributed by atoms with E-state index >= 15 is 0 Å². The molecule has 3 heterocycles. The Morgan fingerprint density at radius 2 is 2.00 bits per heavy atom. The fraction of sp³-hybridized carbons (Fsp3) is 0.722. The molecule has 1 saturated heterocycles. The summed E-state index contributed by atoms with van der Waals surface area (Å²) in [7, 11) is -4.75. The molecule has 2 fully saturated rings. The maximum absolute atomic E-state index is 11.7. The van der Waals surface area contributed by atoms with Gasteiger partial charge < -0.3 is 40.1 Å². The number of halogens is 1. The van der Waals surface area contributed by atoms with Gasteiger partial charge in [0, 0.05) is 13.0 Å². The lowest BCUT2D eigenvalue weighted by molar-refractivity contribution is -0.119. The maximum Gasteiger partial charge on any atom is 0.355 e. The van der Waals surface area contributed by atoms with Crippen LogP contribution in [0.2, 0.25) is 5.28 Å². The van der Waals surface area contributed by atoms with Crippen molar-refractivity contribution in [3.05, 3.63) is 5.28 Å². The van der Waals surface area contributed by atoms with Crippen LogP contribution in [0.3, 0.4) is 0 Å². The summed E-state index contributed by atoms with van der Waals surface area (Å²) < 4.78 is 23.8. The van der Waals surface area contributed by atoms with E-state index in [0.717, 1.165) is 30.4 Å². The van der Waals surface area contributed by atoms with Crippen LogP contribution >= 0.6 is 19.2 Å². The van der Waals surface area contributed by atoms with Gasteiger partial charge in [-0.1, -0.05) is 18.1 Å². The molecule has 2 aliphatic rings. The van der Waals surface area contributed by atoms with Crippen molar-refractivity contribution in [1.82, 2.24) is 30.3 Å². The first kappa shape index (κ1) is 26.1. The number of aliphatic hydroxyl groups excluding tert-OH is 2. The molecule has 1 aliphatic heterocycles. The van der Waals surface area contributed by atoms with Gasteiger partial charge in [-0.15, -0.1) is 5.10 Å². The number of ether oxygens (including phenoxy) is 2. The molecule has 4 rings (SSSR count). The lowest BCUT2D eigenvalue weighted by atomic mass is 10.1. The van der Waals surface area contributed by atoms with Gasteiger partial charge in [-0.25, -0.2) is 0 Å². The third-order valence-corrected chi connectivity index (χ3v) is 7.18. The Morgan fingerprint density at radius 1 is 1.29 bits per heavy atom. The van der Waals surface area contributed by atoms with Crippen molar-refractivity contribution in [2.24, 2.45) is 0 Å². The van der Waals surface area contributed by atoms with Crippen LogP contribution in [0.25, 0.3) is 11.2 Å². The van der Waals surface area contributed by atoms with Crippen LogP contribution in [0.5, 0.6) is 0 Å². The van der Waals surface area contributed by atoms with E-state index in [1.165, 1.54) is 6.92 Å². The van der Waals surface area contributed by atoms with Gasteiger partial charge >= 0.3 is 7.60 Å². The van der Waals surface area contributed by atoms with Crippen LogP contribution in [-0.2, 0) is 18.8 Å². The fourth-order valence-corrected chi connectivity index (χ4v) is 4.89. The van der Waals surface area contributed by atoms with E-state index in [-0.39, 0.29) is 17.0 Å². The molecule has 35 heavy (non-hydrogen) atoms. The zero-order valence-electron chi connectivity index (χ0n) is 18.7. The second-order valence-electron chi connectivity index (χ2n) is 8.53. The van der Waals surface area contributed by atoms with Crippen LogP contribution in [0.4, 0.5) is 5.82 Å².